The van der Waals surface area contributed by atoms with Gasteiger partial charge in [-0.1, -0.05) is 12.8 Å². The zero-order chi connectivity index (χ0) is 16.9. The maximum Gasteiger partial charge on any atom is 0.226 e. The molecule has 5 nitrogen and oxygen atoms in total. The van der Waals surface area contributed by atoms with Crippen LogP contribution in [0.25, 0.3) is 0 Å². The second kappa shape index (κ2) is 7.86. The third-order valence-corrected chi connectivity index (χ3v) is 5.47. The van der Waals surface area contributed by atoms with Crippen LogP contribution in [0.4, 0.5) is 0 Å². The van der Waals surface area contributed by atoms with Crippen molar-refractivity contribution < 1.29 is 14.0 Å². The first kappa shape index (κ1) is 17.1. The van der Waals surface area contributed by atoms with Crippen molar-refractivity contribution in [2.75, 3.05) is 19.6 Å². The van der Waals surface area contributed by atoms with E-state index in [-0.39, 0.29) is 23.7 Å². The highest BCUT2D eigenvalue weighted by atomic mass is 16.3. The lowest BCUT2D eigenvalue weighted by atomic mass is 9.77. The van der Waals surface area contributed by atoms with Gasteiger partial charge in [0.05, 0.1) is 12.5 Å². The van der Waals surface area contributed by atoms with E-state index in [1.807, 2.05) is 22.8 Å². The van der Waals surface area contributed by atoms with Gasteiger partial charge >= 0.3 is 0 Å². The molecule has 2 amide bonds. The number of amides is 2. The molecule has 2 aliphatic rings. The molecule has 1 saturated heterocycles. The second-order valence-electron chi connectivity index (χ2n) is 7.01. The summed E-state index contributed by atoms with van der Waals surface area (Å²) in [4.78, 5) is 29.8. The highest BCUT2D eigenvalue weighted by Crippen LogP contribution is 2.34. The summed E-state index contributed by atoms with van der Waals surface area (Å²) >= 11 is 0. The Morgan fingerprint density at radius 2 is 1.88 bits per heavy atom. The molecule has 2 fully saturated rings. The van der Waals surface area contributed by atoms with Crippen molar-refractivity contribution in [3.63, 3.8) is 0 Å². The predicted octanol–water partition coefficient (Wildman–Crippen LogP) is 3.06. The number of hydrogen-bond donors (Lipinski definition) is 0. The van der Waals surface area contributed by atoms with Gasteiger partial charge in [-0.3, -0.25) is 9.59 Å². The average Bonchev–Trinajstić information content (AvgIpc) is 3.32. The second-order valence-corrected chi connectivity index (χ2v) is 7.01. The minimum atomic E-state index is -0.154. The van der Waals surface area contributed by atoms with E-state index in [2.05, 4.69) is 0 Å². The van der Waals surface area contributed by atoms with Crippen LogP contribution in [0.1, 0.15) is 51.0 Å². The molecule has 0 bridgehead atoms. The summed E-state index contributed by atoms with van der Waals surface area (Å²) in [6.07, 6.45) is 9.31. The van der Waals surface area contributed by atoms with Gasteiger partial charge in [-0.15, -0.1) is 0 Å². The van der Waals surface area contributed by atoms with Gasteiger partial charge < -0.3 is 14.2 Å². The standard InChI is InChI=1S/C19H28N2O3/c1-2-20(13-15-9-12-24-14-15)18(22)16-7-3-4-8-17(16)19(23)21-10-5-6-11-21/h9,12,14,16-17H,2-8,10-11,13H2,1H3/t16-,17-/m1/s1. The summed E-state index contributed by atoms with van der Waals surface area (Å²) in [5.74, 6) is 0.0716. The van der Waals surface area contributed by atoms with Crippen LogP contribution in [0, 0.1) is 11.8 Å². The molecule has 3 rings (SSSR count). The van der Waals surface area contributed by atoms with Crippen molar-refractivity contribution in [3.8, 4) is 0 Å². The van der Waals surface area contributed by atoms with Gasteiger partial charge in [-0.25, -0.2) is 0 Å². The normalized spacial score (nSPS) is 24.1. The zero-order valence-electron chi connectivity index (χ0n) is 14.6. The van der Waals surface area contributed by atoms with E-state index in [9.17, 15) is 9.59 Å². The van der Waals surface area contributed by atoms with Crippen molar-refractivity contribution in [1.29, 1.82) is 0 Å². The van der Waals surface area contributed by atoms with Crippen molar-refractivity contribution in [1.82, 2.24) is 9.80 Å². The Labute approximate surface area is 144 Å². The Morgan fingerprint density at radius 3 is 2.50 bits per heavy atom. The highest BCUT2D eigenvalue weighted by molar-refractivity contribution is 5.88. The number of nitrogens with zero attached hydrogens (tertiary/aromatic N) is 2. The summed E-state index contributed by atoms with van der Waals surface area (Å²) in [5, 5.41) is 0. The molecule has 132 valence electrons. The minimum Gasteiger partial charge on any atom is -0.472 e. The zero-order valence-corrected chi connectivity index (χ0v) is 14.6. The number of hydrogen-bond acceptors (Lipinski definition) is 3. The fourth-order valence-electron chi connectivity index (χ4n) is 4.08. The fourth-order valence-corrected chi connectivity index (χ4v) is 4.08. The molecule has 0 radical (unpaired) electrons. The van der Waals surface area contributed by atoms with Crippen LogP contribution >= 0.6 is 0 Å². The van der Waals surface area contributed by atoms with Crippen LogP contribution in [0.5, 0.6) is 0 Å². The maximum absolute atomic E-state index is 13.1. The fraction of sp³-hybridized carbons (Fsp3) is 0.684. The van der Waals surface area contributed by atoms with Gasteiger partial charge in [0.1, 0.15) is 0 Å². The molecule has 1 aliphatic heterocycles. The monoisotopic (exact) mass is 332 g/mol. The molecular weight excluding hydrogens is 304 g/mol. The molecule has 5 heteroatoms. The first-order valence-electron chi connectivity index (χ1n) is 9.29. The SMILES string of the molecule is CCN(Cc1ccoc1)C(=O)[C@@H]1CCCC[C@H]1C(=O)N1CCCC1. The first-order valence-corrected chi connectivity index (χ1v) is 9.29. The summed E-state index contributed by atoms with van der Waals surface area (Å²) < 4.78 is 5.11. The predicted molar refractivity (Wildman–Crippen MR) is 91.1 cm³/mol. The van der Waals surface area contributed by atoms with Gasteiger partial charge in [0.25, 0.3) is 0 Å². The Balaban J connectivity index is 1.70. The van der Waals surface area contributed by atoms with Gasteiger partial charge in [0, 0.05) is 43.6 Å². The lowest BCUT2D eigenvalue weighted by molar-refractivity contribution is -0.148. The van der Waals surface area contributed by atoms with Gasteiger partial charge in [-0.2, -0.15) is 0 Å². The third-order valence-electron chi connectivity index (χ3n) is 5.47. The van der Waals surface area contributed by atoms with E-state index in [4.69, 9.17) is 4.42 Å². The largest absolute Gasteiger partial charge is 0.472 e. The van der Waals surface area contributed by atoms with Crippen molar-refractivity contribution >= 4 is 11.8 Å². The Hall–Kier alpha value is -1.78. The number of carbonyl (C=O) groups is 2. The number of carbonyl (C=O) groups excluding carboxylic acids is 2. The lowest BCUT2D eigenvalue weighted by Gasteiger charge is -2.35. The molecule has 2 heterocycles. The van der Waals surface area contributed by atoms with Crippen molar-refractivity contribution in [3.05, 3.63) is 24.2 Å². The molecule has 0 N–H and O–H groups in total. The van der Waals surface area contributed by atoms with E-state index in [1.165, 1.54) is 0 Å². The van der Waals surface area contributed by atoms with Crippen LogP contribution in [-0.4, -0.2) is 41.2 Å². The molecule has 0 unspecified atom stereocenters. The quantitative estimate of drug-likeness (QED) is 0.833. The first-order chi connectivity index (χ1) is 11.7. The number of furan rings is 1. The molecule has 2 atom stereocenters. The molecule has 1 aromatic rings. The summed E-state index contributed by atoms with van der Waals surface area (Å²) in [7, 11) is 0. The molecular formula is C19H28N2O3. The minimum absolute atomic E-state index is 0.122. The van der Waals surface area contributed by atoms with E-state index >= 15 is 0 Å². The van der Waals surface area contributed by atoms with Crippen LogP contribution in [0.3, 0.4) is 0 Å². The Kier molecular flexibility index (Phi) is 5.59. The summed E-state index contributed by atoms with van der Waals surface area (Å²) in [5.41, 5.74) is 1.00. The van der Waals surface area contributed by atoms with E-state index in [0.29, 0.717) is 13.1 Å². The molecule has 1 aromatic heterocycles. The lowest BCUT2D eigenvalue weighted by Crippen LogP contribution is -2.45. The highest BCUT2D eigenvalue weighted by Gasteiger charge is 2.39. The number of rotatable bonds is 5. The van der Waals surface area contributed by atoms with Crippen molar-refractivity contribution in [2.24, 2.45) is 11.8 Å². The molecule has 1 aliphatic carbocycles. The van der Waals surface area contributed by atoms with Crippen LogP contribution < -0.4 is 0 Å². The maximum atomic E-state index is 13.1. The molecule has 0 aromatic carbocycles. The van der Waals surface area contributed by atoms with Gasteiger partial charge in [0.2, 0.25) is 11.8 Å². The van der Waals surface area contributed by atoms with Crippen LogP contribution in [-0.2, 0) is 16.1 Å². The average molecular weight is 332 g/mol. The summed E-state index contributed by atoms with van der Waals surface area (Å²) in [6.45, 7) is 4.95. The smallest absolute Gasteiger partial charge is 0.226 e. The van der Waals surface area contributed by atoms with Crippen LogP contribution in [0.15, 0.2) is 23.0 Å². The topological polar surface area (TPSA) is 53.8 Å². The molecule has 24 heavy (non-hydrogen) atoms. The van der Waals surface area contributed by atoms with Crippen LogP contribution in [0.2, 0.25) is 0 Å². The number of likely N-dealkylation sites (tertiary alicyclic amines) is 1. The van der Waals surface area contributed by atoms with Gasteiger partial charge in [0.15, 0.2) is 0 Å². The van der Waals surface area contributed by atoms with E-state index < -0.39 is 0 Å². The molecule has 0 spiro atoms. The third kappa shape index (κ3) is 3.65. The Morgan fingerprint density at radius 1 is 1.17 bits per heavy atom. The van der Waals surface area contributed by atoms with Gasteiger partial charge in [-0.05, 0) is 38.7 Å². The Bertz CT molecular complexity index is 549. The summed E-state index contributed by atoms with van der Waals surface area (Å²) in [6, 6.07) is 1.89. The molecule has 1 saturated carbocycles. The van der Waals surface area contributed by atoms with E-state index in [0.717, 1.165) is 57.2 Å². The van der Waals surface area contributed by atoms with E-state index in [1.54, 1.807) is 12.5 Å². The van der Waals surface area contributed by atoms with Crippen molar-refractivity contribution in [2.45, 2.75) is 52.0 Å².